The number of rotatable bonds is 6. The van der Waals surface area contributed by atoms with E-state index in [0.29, 0.717) is 25.0 Å². The number of carbonyl (C=O) groups excluding carboxylic acids is 1. The fourth-order valence-electron chi connectivity index (χ4n) is 4.04. The van der Waals surface area contributed by atoms with Gasteiger partial charge in [-0.1, -0.05) is 0 Å². The molecule has 1 aromatic carbocycles. The van der Waals surface area contributed by atoms with Crippen LogP contribution in [0.5, 0.6) is 11.5 Å². The fourth-order valence-corrected chi connectivity index (χ4v) is 4.04. The summed E-state index contributed by atoms with van der Waals surface area (Å²) >= 11 is 0. The summed E-state index contributed by atoms with van der Waals surface area (Å²) in [5, 5.41) is 0. The third-order valence-corrected chi connectivity index (χ3v) is 5.40. The molecule has 23 heavy (non-hydrogen) atoms. The quantitative estimate of drug-likeness (QED) is 0.870. The smallest absolute Gasteiger partial charge is 0.227 e. The zero-order valence-corrected chi connectivity index (χ0v) is 13.9. The van der Waals surface area contributed by atoms with Gasteiger partial charge in [-0.05, 0) is 55.4 Å². The Morgan fingerprint density at radius 1 is 1.22 bits per heavy atom. The Labute approximate surface area is 137 Å². The number of hydrogen-bond donors (Lipinski definition) is 1. The first kappa shape index (κ1) is 16.1. The zero-order chi connectivity index (χ0) is 16.4. The van der Waals surface area contributed by atoms with Crippen LogP contribution in [0.4, 0.5) is 0 Å². The molecule has 2 aliphatic carbocycles. The lowest BCUT2D eigenvalue weighted by Gasteiger charge is -2.30. The second-order valence-electron chi connectivity index (χ2n) is 6.72. The van der Waals surface area contributed by atoms with Crippen LogP contribution in [0.1, 0.15) is 19.3 Å². The van der Waals surface area contributed by atoms with Crippen molar-refractivity contribution in [1.82, 2.24) is 4.90 Å². The number of nitrogens with two attached hydrogens (primary N) is 1. The van der Waals surface area contributed by atoms with Gasteiger partial charge in [0.25, 0.3) is 0 Å². The van der Waals surface area contributed by atoms with Crippen LogP contribution in [0, 0.1) is 17.8 Å². The van der Waals surface area contributed by atoms with Crippen LogP contribution in [-0.2, 0) is 4.79 Å². The second-order valence-corrected chi connectivity index (χ2v) is 6.72. The van der Waals surface area contributed by atoms with Crippen molar-refractivity contribution in [2.45, 2.75) is 25.3 Å². The van der Waals surface area contributed by atoms with Crippen LogP contribution < -0.4 is 15.2 Å². The molecule has 0 spiro atoms. The van der Waals surface area contributed by atoms with Gasteiger partial charge in [0, 0.05) is 13.1 Å². The van der Waals surface area contributed by atoms with E-state index in [1.54, 1.807) is 12.0 Å². The van der Waals surface area contributed by atoms with E-state index in [2.05, 4.69) is 0 Å². The molecular formula is C18H26N2O3. The standard InChI is InChI=1S/C18H26N2O3/c1-20(9-10-23-15-7-5-14(22-2)6-8-15)18(21)16-12-3-4-13(11-12)17(16)19/h5-8,12-13,16-17H,3-4,9-11,19H2,1-2H3. The Morgan fingerprint density at radius 2 is 1.87 bits per heavy atom. The maximum atomic E-state index is 12.6. The number of fused-ring (bicyclic) bond motifs is 2. The summed E-state index contributed by atoms with van der Waals surface area (Å²) in [5.41, 5.74) is 6.26. The number of methoxy groups -OCH3 is 1. The average molecular weight is 318 g/mol. The largest absolute Gasteiger partial charge is 0.497 e. The van der Waals surface area contributed by atoms with E-state index < -0.39 is 0 Å². The van der Waals surface area contributed by atoms with Crippen molar-refractivity contribution in [3.8, 4) is 11.5 Å². The molecule has 0 aliphatic heterocycles. The van der Waals surface area contributed by atoms with Crippen molar-refractivity contribution in [2.75, 3.05) is 27.3 Å². The highest BCUT2D eigenvalue weighted by Crippen LogP contribution is 2.48. The Morgan fingerprint density at radius 3 is 2.48 bits per heavy atom. The Kier molecular flexibility index (Phi) is 4.76. The molecular weight excluding hydrogens is 292 g/mol. The van der Waals surface area contributed by atoms with Gasteiger partial charge in [0.15, 0.2) is 0 Å². The van der Waals surface area contributed by atoms with Gasteiger partial charge in [-0.15, -0.1) is 0 Å². The number of hydrogen-bond acceptors (Lipinski definition) is 4. The Bertz CT molecular complexity index is 544. The van der Waals surface area contributed by atoms with Gasteiger partial charge < -0.3 is 20.1 Å². The molecule has 2 bridgehead atoms. The number of benzene rings is 1. The summed E-state index contributed by atoms with van der Waals surface area (Å²) in [7, 11) is 3.48. The van der Waals surface area contributed by atoms with E-state index in [0.717, 1.165) is 24.3 Å². The third-order valence-electron chi connectivity index (χ3n) is 5.40. The molecule has 2 N–H and O–H groups in total. The Balaban J connectivity index is 1.47. The van der Waals surface area contributed by atoms with Gasteiger partial charge >= 0.3 is 0 Å². The van der Waals surface area contributed by atoms with Crippen molar-refractivity contribution in [2.24, 2.45) is 23.5 Å². The molecule has 4 unspecified atom stereocenters. The number of likely N-dealkylation sites (N-methyl/N-ethyl adjacent to an activating group) is 1. The predicted octanol–water partition coefficient (Wildman–Crippen LogP) is 1.91. The lowest BCUT2D eigenvalue weighted by atomic mass is 9.84. The van der Waals surface area contributed by atoms with Gasteiger partial charge in [-0.25, -0.2) is 0 Å². The SMILES string of the molecule is COc1ccc(OCCN(C)C(=O)C2C3CCC(C3)C2N)cc1. The zero-order valence-electron chi connectivity index (χ0n) is 13.9. The summed E-state index contributed by atoms with van der Waals surface area (Å²) in [6.07, 6.45) is 3.48. The number of amides is 1. The van der Waals surface area contributed by atoms with Gasteiger partial charge in [-0.3, -0.25) is 4.79 Å². The summed E-state index contributed by atoms with van der Waals surface area (Å²) in [4.78, 5) is 14.4. The molecule has 0 aromatic heterocycles. The van der Waals surface area contributed by atoms with Gasteiger partial charge in [0.2, 0.25) is 5.91 Å². The van der Waals surface area contributed by atoms with E-state index in [-0.39, 0.29) is 17.9 Å². The molecule has 0 heterocycles. The van der Waals surface area contributed by atoms with Crippen LogP contribution in [-0.4, -0.2) is 44.2 Å². The van der Waals surface area contributed by atoms with Crippen molar-refractivity contribution in [1.29, 1.82) is 0 Å². The first-order valence-electron chi connectivity index (χ1n) is 8.37. The van der Waals surface area contributed by atoms with E-state index in [9.17, 15) is 4.79 Å². The van der Waals surface area contributed by atoms with E-state index in [4.69, 9.17) is 15.2 Å². The molecule has 4 atom stereocenters. The number of ether oxygens (including phenoxy) is 2. The molecule has 2 fully saturated rings. The lowest BCUT2D eigenvalue weighted by molar-refractivity contribution is -0.136. The van der Waals surface area contributed by atoms with Crippen LogP contribution in [0.3, 0.4) is 0 Å². The molecule has 3 rings (SSSR count). The highest BCUT2D eigenvalue weighted by atomic mass is 16.5. The fraction of sp³-hybridized carbons (Fsp3) is 0.611. The normalized spacial score (nSPS) is 28.7. The van der Waals surface area contributed by atoms with E-state index in [1.165, 1.54) is 6.42 Å². The van der Waals surface area contributed by atoms with Crippen LogP contribution >= 0.6 is 0 Å². The van der Waals surface area contributed by atoms with Crippen molar-refractivity contribution in [3.05, 3.63) is 24.3 Å². The molecule has 0 saturated heterocycles. The molecule has 2 saturated carbocycles. The van der Waals surface area contributed by atoms with Crippen molar-refractivity contribution < 1.29 is 14.3 Å². The van der Waals surface area contributed by atoms with Gasteiger partial charge in [0.05, 0.1) is 19.6 Å². The average Bonchev–Trinajstić information content (AvgIpc) is 3.16. The minimum absolute atomic E-state index is 0.0136. The Hall–Kier alpha value is -1.75. The van der Waals surface area contributed by atoms with Crippen molar-refractivity contribution >= 4 is 5.91 Å². The topological polar surface area (TPSA) is 64.8 Å². The highest BCUT2D eigenvalue weighted by Gasteiger charge is 2.49. The lowest BCUT2D eigenvalue weighted by Crippen LogP contribution is -2.46. The van der Waals surface area contributed by atoms with Crippen LogP contribution in [0.2, 0.25) is 0 Å². The summed E-state index contributed by atoms with van der Waals surface area (Å²) in [6.45, 7) is 1.05. The van der Waals surface area contributed by atoms with Crippen molar-refractivity contribution in [3.63, 3.8) is 0 Å². The first-order chi connectivity index (χ1) is 11.1. The van der Waals surface area contributed by atoms with E-state index in [1.807, 2.05) is 31.3 Å². The van der Waals surface area contributed by atoms with Crippen LogP contribution in [0.15, 0.2) is 24.3 Å². The number of carbonyl (C=O) groups is 1. The third kappa shape index (κ3) is 3.29. The molecule has 2 aliphatic rings. The minimum atomic E-state index is 0.0136. The highest BCUT2D eigenvalue weighted by molar-refractivity contribution is 5.80. The molecule has 1 amide bonds. The summed E-state index contributed by atoms with van der Waals surface area (Å²) in [6, 6.07) is 7.50. The monoisotopic (exact) mass is 318 g/mol. The molecule has 5 nitrogen and oxygen atoms in total. The number of nitrogens with zero attached hydrogens (tertiary/aromatic N) is 1. The maximum Gasteiger partial charge on any atom is 0.227 e. The maximum absolute atomic E-state index is 12.6. The molecule has 1 aromatic rings. The predicted molar refractivity (Wildman–Crippen MR) is 88.4 cm³/mol. The first-order valence-corrected chi connectivity index (χ1v) is 8.37. The summed E-state index contributed by atoms with van der Waals surface area (Å²) in [5.74, 6) is 2.83. The van der Waals surface area contributed by atoms with Gasteiger partial charge in [-0.2, -0.15) is 0 Å². The summed E-state index contributed by atoms with van der Waals surface area (Å²) < 4.78 is 10.8. The molecule has 5 heteroatoms. The van der Waals surface area contributed by atoms with Crippen LogP contribution in [0.25, 0.3) is 0 Å². The minimum Gasteiger partial charge on any atom is -0.497 e. The van der Waals surface area contributed by atoms with E-state index >= 15 is 0 Å². The molecule has 126 valence electrons. The second kappa shape index (κ2) is 6.79. The van der Waals surface area contributed by atoms with Gasteiger partial charge in [0.1, 0.15) is 18.1 Å². The molecule has 0 radical (unpaired) electrons.